The summed E-state index contributed by atoms with van der Waals surface area (Å²) in [6.45, 7) is 2.75. The lowest BCUT2D eigenvalue weighted by Gasteiger charge is -2.31. The zero-order valence-electron chi connectivity index (χ0n) is 17.4. The van der Waals surface area contributed by atoms with Crippen molar-refractivity contribution in [1.29, 1.82) is 5.26 Å². The molecule has 2 amide bonds. The van der Waals surface area contributed by atoms with Crippen LogP contribution in [0.3, 0.4) is 0 Å². The van der Waals surface area contributed by atoms with Crippen molar-refractivity contribution < 1.29 is 19.1 Å². The number of likely N-dealkylation sites (tertiary alicyclic amines) is 1. The van der Waals surface area contributed by atoms with Crippen molar-refractivity contribution in [2.75, 3.05) is 24.5 Å². The van der Waals surface area contributed by atoms with Gasteiger partial charge in [-0.2, -0.15) is 5.26 Å². The van der Waals surface area contributed by atoms with Gasteiger partial charge in [-0.05, 0) is 43.3 Å². The Morgan fingerprint density at radius 2 is 1.90 bits per heavy atom. The highest BCUT2D eigenvalue weighted by molar-refractivity contribution is 7.12. The van der Waals surface area contributed by atoms with E-state index in [9.17, 15) is 14.4 Å². The Hall–Kier alpha value is -3.18. The lowest BCUT2D eigenvalue weighted by molar-refractivity contribution is -0.159. The quantitative estimate of drug-likeness (QED) is 0.616. The molecule has 0 spiro atoms. The first-order valence-electron chi connectivity index (χ1n) is 10.3. The number of para-hydroxylation sites is 1. The van der Waals surface area contributed by atoms with Gasteiger partial charge in [0.1, 0.15) is 0 Å². The molecule has 0 N–H and O–H groups in total. The number of nitrogens with zero attached hydrogens (tertiary/aromatic N) is 3. The van der Waals surface area contributed by atoms with Crippen LogP contribution in [0.15, 0.2) is 47.8 Å². The molecule has 1 unspecified atom stereocenters. The maximum atomic E-state index is 12.9. The molecule has 162 valence electrons. The van der Waals surface area contributed by atoms with Crippen molar-refractivity contribution in [3.05, 3.63) is 52.7 Å². The zero-order chi connectivity index (χ0) is 22.2. The Bertz CT molecular complexity index is 931. The van der Waals surface area contributed by atoms with E-state index < -0.39 is 12.1 Å². The first-order chi connectivity index (χ1) is 15.0. The average Bonchev–Trinajstić information content (AvgIpc) is 3.34. The number of benzene rings is 1. The van der Waals surface area contributed by atoms with Crippen molar-refractivity contribution in [2.45, 2.75) is 32.3 Å². The Morgan fingerprint density at radius 3 is 2.52 bits per heavy atom. The summed E-state index contributed by atoms with van der Waals surface area (Å²) in [6, 6.07) is 14.7. The highest BCUT2D eigenvalue weighted by Crippen LogP contribution is 2.23. The van der Waals surface area contributed by atoms with Crippen LogP contribution < -0.4 is 4.90 Å². The topological polar surface area (TPSA) is 90.7 Å². The molecule has 2 heterocycles. The zero-order valence-corrected chi connectivity index (χ0v) is 18.2. The largest absolute Gasteiger partial charge is 0.452 e. The highest BCUT2D eigenvalue weighted by Gasteiger charge is 2.32. The van der Waals surface area contributed by atoms with Crippen molar-refractivity contribution in [1.82, 2.24) is 4.90 Å². The first-order valence-corrected chi connectivity index (χ1v) is 11.2. The minimum Gasteiger partial charge on any atom is -0.452 e. The van der Waals surface area contributed by atoms with Crippen molar-refractivity contribution in [2.24, 2.45) is 5.92 Å². The van der Waals surface area contributed by atoms with E-state index in [1.165, 1.54) is 16.2 Å². The number of hydrogen-bond donors (Lipinski definition) is 0. The number of carbonyl (C=O) groups is 3. The minimum absolute atomic E-state index is 0.0126. The molecular weight excluding hydrogens is 414 g/mol. The second-order valence-corrected chi connectivity index (χ2v) is 8.30. The number of thiophene rings is 1. The molecule has 7 nitrogen and oxygen atoms in total. The lowest BCUT2D eigenvalue weighted by Crippen LogP contribution is -2.43. The van der Waals surface area contributed by atoms with Gasteiger partial charge >= 0.3 is 5.97 Å². The van der Waals surface area contributed by atoms with Crippen LogP contribution in [0.4, 0.5) is 5.69 Å². The van der Waals surface area contributed by atoms with Gasteiger partial charge in [0.15, 0.2) is 6.10 Å². The van der Waals surface area contributed by atoms with Crippen molar-refractivity contribution in [3.8, 4) is 6.07 Å². The van der Waals surface area contributed by atoms with Crippen LogP contribution in [0.5, 0.6) is 0 Å². The first kappa shape index (κ1) is 22.5. The van der Waals surface area contributed by atoms with Crippen LogP contribution >= 0.6 is 11.3 Å². The molecule has 1 aromatic heterocycles. The summed E-state index contributed by atoms with van der Waals surface area (Å²) in [5.41, 5.74) is 0.658. The third kappa shape index (κ3) is 5.70. The second-order valence-electron chi connectivity index (χ2n) is 7.36. The summed E-state index contributed by atoms with van der Waals surface area (Å²) < 4.78 is 5.49. The predicted molar refractivity (Wildman–Crippen MR) is 118 cm³/mol. The molecule has 31 heavy (non-hydrogen) atoms. The number of rotatable bonds is 7. The molecular formula is C23H25N3O4S. The normalized spacial score (nSPS) is 15.0. The van der Waals surface area contributed by atoms with Gasteiger partial charge in [-0.1, -0.05) is 24.3 Å². The van der Waals surface area contributed by atoms with E-state index in [2.05, 4.69) is 0 Å². The van der Waals surface area contributed by atoms with Gasteiger partial charge in [0.2, 0.25) is 0 Å². The van der Waals surface area contributed by atoms with Crippen LogP contribution in [-0.4, -0.2) is 48.4 Å². The van der Waals surface area contributed by atoms with Gasteiger partial charge in [0.25, 0.3) is 11.8 Å². The predicted octanol–water partition coefficient (Wildman–Crippen LogP) is 3.48. The van der Waals surface area contributed by atoms with Gasteiger partial charge in [-0.3, -0.25) is 14.4 Å². The molecule has 0 bridgehead atoms. The summed E-state index contributed by atoms with van der Waals surface area (Å²) in [5.74, 6) is -1.13. The fourth-order valence-corrected chi connectivity index (χ4v) is 4.24. The highest BCUT2D eigenvalue weighted by atomic mass is 32.1. The fourth-order valence-electron chi connectivity index (χ4n) is 3.55. The summed E-state index contributed by atoms with van der Waals surface area (Å²) in [6.07, 6.45) is 0.233. The second kappa shape index (κ2) is 10.7. The maximum absolute atomic E-state index is 12.9. The van der Waals surface area contributed by atoms with Gasteiger partial charge in [0.05, 0.1) is 23.3 Å². The lowest BCUT2D eigenvalue weighted by atomic mass is 9.97. The van der Waals surface area contributed by atoms with Crippen LogP contribution in [0, 0.1) is 17.2 Å². The Kier molecular flexibility index (Phi) is 7.79. The smallest absolute Gasteiger partial charge is 0.309 e. The third-order valence-electron chi connectivity index (χ3n) is 5.27. The molecule has 1 atom stereocenters. The van der Waals surface area contributed by atoms with Gasteiger partial charge < -0.3 is 14.5 Å². The molecule has 8 heteroatoms. The molecule has 1 fully saturated rings. The summed E-state index contributed by atoms with van der Waals surface area (Å²) in [5, 5.41) is 10.8. The molecule has 1 aliphatic heterocycles. The molecule has 1 saturated heterocycles. The molecule has 1 aliphatic rings. The number of piperidine rings is 1. The average molecular weight is 440 g/mol. The van der Waals surface area contributed by atoms with Crippen LogP contribution in [0.1, 0.15) is 35.9 Å². The molecule has 0 radical (unpaired) electrons. The number of carbonyl (C=O) groups excluding carboxylic acids is 3. The van der Waals surface area contributed by atoms with Crippen LogP contribution in [0.25, 0.3) is 0 Å². The molecule has 2 aromatic rings. The van der Waals surface area contributed by atoms with Crippen molar-refractivity contribution >= 4 is 34.8 Å². The Morgan fingerprint density at radius 1 is 1.19 bits per heavy atom. The summed E-state index contributed by atoms with van der Waals surface area (Å²) in [7, 11) is 0. The molecule has 1 aromatic carbocycles. The van der Waals surface area contributed by atoms with Crippen LogP contribution in [0.2, 0.25) is 0 Å². The number of amides is 2. The number of hydrogen-bond acceptors (Lipinski definition) is 6. The SMILES string of the molecule is CC(OC(=O)C1CCN(C(=O)c2cccs2)CC1)C(=O)N(CCC#N)c1ccccc1. The van der Waals surface area contributed by atoms with E-state index in [0.29, 0.717) is 36.5 Å². The van der Waals surface area contributed by atoms with E-state index in [1.54, 1.807) is 30.0 Å². The molecule has 0 aliphatic carbocycles. The van der Waals surface area contributed by atoms with Gasteiger partial charge in [0, 0.05) is 25.3 Å². The number of esters is 1. The van der Waals surface area contributed by atoms with E-state index in [0.717, 1.165) is 0 Å². The van der Waals surface area contributed by atoms with Gasteiger partial charge in [-0.25, -0.2) is 0 Å². The van der Waals surface area contributed by atoms with E-state index in [1.807, 2.05) is 35.7 Å². The Balaban J connectivity index is 1.55. The summed E-state index contributed by atoms with van der Waals surface area (Å²) in [4.78, 5) is 41.9. The number of nitriles is 1. The monoisotopic (exact) mass is 439 g/mol. The molecule has 0 saturated carbocycles. The third-order valence-corrected chi connectivity index (χ3v) is 6.13. The van der Waals surface area contributed by atoms with E-state index in [4.69, 9.17) is 10.00 Å². The van der Waals surface area contributed by atoms with E-state index in [-0.39, 0.29) is 30.7 Å². The summed E-state index contributed by atoms with van der Waals surface area (Å²) >= 11 is 1.40. The van der Waals surface area contributed by atoms with Crippen molar-refractivity contribution in [3.63, 3.8) is 0 Å². The number of ether oxygens (including phenoxy) is 1. The number of anilines is 1. The fraction of sp³-hybridized carbons (Fsp3) is 0.391. The maximum Gasteiger partial charge on any atom is 0.309 e. The minimum atomic E-state index is -0.961. The standard InChI is InChI=1S/C23H25N3O4S/c1-17(21(27)26(13-6-12-24)19-7-3-2-4-8-19)30-23(29)18-10-14-25(15-11-18)22(28)20-9-5-16-31-20/h2-5,7-9,16-18H,6,10-11,13-15H2,1H3. The molecule has 3 rings (SSSR count). The van der Waals surface area contributed by atoms with E-state index >= 15 is 0 Å². The van der Waals surface area contributed by atoms with Crippen LogP contribution in [-0.2, 0) is 14.3 Å². The Labute approximate surface area is 185 Å². The van der Waals surface area contributed by atoms with Gasteiger partial charge in [-0.15, -0.1) is 11.3 Å².